The fourth-order valence-corrected chi connectivity index (χ4v) is 4.42. The summed E-state index contributed by atoms with van der Waals surface area (Å²) in [5.41, 5.74) is 1.18. The maximum absolute atomic E-state index is 13.0. The molecular weight excluding hydrogens is 454 g/mol. The summed E-state index contributed by atoms with van der Waals surface area (Å²) in [5, 5.41) is 17.0. The van der Waals surface area contributed by atoms with Crippen molar-refractivity contribution in [2.75, 3.05) is 18.9 Å². The van der Waals surface area contributed by atoms with Crippen molar-refractivity contribution in [3.8, 4) is 11.6 Å². The van der Waals surface area contributed by atoms with Crippen molar-refractivity contribution in [2.24, 2.45) is 0 Å². The van der Waals surface area contributed by atoms with Crippen molar-refractivity contribution in [1.82, 2.24) is 25.3 Å². The van der Waals surface area contributed by atoms with Gasteiger partial charge in [0.15, 0.2) is 5.69 Å². The molecule has 5 rings (SSSR count). The normalized spacial score (nSPS) is 15.6. The molecule has 2 aromatic carbocycles. The van der Waals surface area contributed by atoms with Gasteiger partial charge in [-0.2, -0.15) is 5.10 Å². The van der Waals surface area contributed by atoms with Crippen molar-refractivity contribution in [3.63, 3.8) is 0 Å². The highest BCUT2D eigenvalue weighted by molar-refractivity contribution is 7.99. The third-order valence-corrected chi connectivity index (χ3v) is 6.35. The number of benzene rings is 2. The Morgan fingerprint density at radius 2 is 1.88 bits per heavy atom. The summed E-state index contributed by atoms with van der Waals surface area (Å²) in [6, 6.07) is 16.8. The number of hydrogen-bond donors (Lipinski definition) is 1. The van der Waals surface area contributed by atoms with Crippen LogP contribution in [0, 0.1) is 0 Å². The average molecular weight is 478 g/mol. The largest absolute Gasteiger partial charge is 0.409 e. The Hall–Kier alpha value is -3.50. The van der Waals surface area contributed by atoms with Crippen molar-refractivity contribution in [2.45, 2.75) is 30.7 Å². The van der Waals surface area contributed by atoms with Gasteiger partial charge in [0.2, 0.25) is 5.91 Å². The van der Waals surface area contributed by atoms with Crippen molar-refractivity contribution in [3.05, 3.63) is 70.5 Å². The number of nitrogens with zero attached hydrogens (tertiary/aromatic N) is 4. The van der Waals surface area contributed by atoms with Crippen LogP contribution in [0.3, 0.4) is 0 Å². The monoisotopic (exact) mass is 477 g/mol. The van der Waals surface area contributed by atoms with Gasteiger partial charge in [-0.1, -0.05) is 60.3 Å². The van der Waals surface area contributed by atoms with E-state index in [2.05, 4.69) is 20.6 Å². The van der Waals surface area contributed by atoms with Crippen LogP contribution in [0.2, 0.25) is 0 Å². The van der Waals surface area contributed by atoms with E-state index in [9.17, 15) is 9.59 Å². The van der Waals surface area contributed by atoms with Gasteiger partial charge in [0.25, 0.3) is 16.7 Å². The third-order valence-electron chi connectivity index (χ3n) is 5.53. The minimum atomic E-state index is -0.194. The number of nitrogens with one attached hydrogen (secondary N) is 1. The van der Waals surface area contributed by atoms with Crippen LogP contribution < -0.4 is 10.9 Å². The van der Waals surface area contributed by atoms with Crippen molar-refractivity contribution in [1.29, 1.82) is 0 Å². The summed E-state index contributed by atoms with van der Waals surface area (Å²) in [6.45, 7) is 1.58. The lowest BCUT2D eigenvalue weighted by atomic mass is 10.1. The Morgan fingerprint density at radius 3 is 2.68 bits per heavy atom. The van der Waals surface area contributed by atoms with Gasteiger partial charge in [-0.25, -0.2) is 4.68 Å². The van der Waals surface area contributed by atoms with Gasteiger partial charge in [0.05, 0.1) is 23.8 Å². The Kier molecular flexibility index (Phi) is 6.68. The molecule has 1 N–H and O–H groups in total. The van der Waals surface area contributed by atoms with Crippen LogP contribution in [0.15, 0.2) is 69.0 Å². The summed E-state index contributed by atoms with van der Waals surface area (Å²) in [4.78, 5) is 25.2. The number of carbonyl (C=O) groups excluding carboxylic acids is 1. The lowest BCUT2D eigenvalue weighted by Crippen LogP contribution is -2.32. The molecule has 1 saturated heterocycles. The number of amides is 1. The van der Waals surface area contributed by atoms with E-state index in [4.69, 9.17) is 9.15 Å². The maximum atomic E-state index is 13.0. The first-order valence-electron chi connectivity index (χ1n) is 11.1. The molecule has 3 heterocycles. The molecule has 1 unspecified atom stereocenters. The minimum Gasteiger partial charge on any atom is -0.409 e. The van der Waals surface area contributed by atoms with Gasteiger partial charge in [-0.05, 0) is 24.5 Å². The van der Waals surface area contributed by atoms with Crippen LogP contribution in [0.25, 0.3) is 22.4 Å². The van der Waals surface area contributed by atoms with E-state index in [0.717, 1.165) is 36.8 Å². The maximum Gasteiger partial charge on any atom is 0.277 e. The molecule has 0 bridgehead atoms. The number of thioether (sulfide) groups is 1. The van der Waals surface area contributed by atoms with Crippen LogP contribution >= 0.6 is 11.8 Å². The number of hydrogen-bond acceptors (Lipinski definition) is 8. The van der Waals surface area contributed by atoms with Crippen LogP contribution in [0.4, 0.5) is 0 Å². The predicted molar refractivity (Wildman–Crippen MR) is 128 cm³/mol. The first kappa shape index (κ1) is 22.3. The number of carbonyl (C=O) groups is 1. The molecule has 9 nitrogen and oxygen atoms in total. The zero-order valence-corrected chi connectivity index (χ0v) is 19.2. The quantitative estimate of drug-likeness (QED) is 0.386. The van der Waals surface area contributed by atoms with E-state index in [0.29, 0.717) is 29.6 Å². The van der Waals surface area contributed by atoms with Crippen LogP contribution in [-0.2, 0) is 16.1 Å². The lowest BCUT2D eigenvalue weighted by Gasteiger charge is -2.10. The predicted octanol–water partition coefficient (Wildman–Crippen LogP) is 2.88. The Balaban J connectivity index is 1.35. The van der Waals surface area contributed by atoms with Gasteiger partial charge in [-0.3, -0.25) is 9.59 Å². The molecule has 0 radical (unpaired) electrons. The summed E-state index contributed by atoms with van der Waals surface area (Å²) in [5.74, 6) is 0.219. The highest BCUT2D eigenvalue weighted by Gasteiger charge is 2.19. The molecule has 1 aliphatic heterocycles. The molecule has 1 fully saturated rings. The fourth-order valence-electron chi connectivity index (χ4n) is 3.83. The third kappa shape index (κ3) is 5.02. The van der Waals surface area contributed by atoms with Crippen molar-refractivity contribution < 1.29 is 13.9 Å². The van der Waals surface area contributed by atoms with Gasteiger partial charge in [0.1, 0.15) is 0 Å². The zero-order chi connectivity index (χ0) is 23.3. The van der Waals surface area contributed by atoms with E-state index in [1.54, 1.807) is 6.07 Å². The minimum absolute atomic E-state index is 0.0925. The number of aromatic nitrogens is 4. The number of ether oxygens (including phenoxy) is 1. The molecule has 10 heteroatoms. The molecule has 174 valence electrons. The zero-order valence-electron chi connectivity index (χ0n) is 18.3. The summed E-state index contributed by atoms with van der Waals surface area (Å²) in [6.07, 6.45) is 2.09. The highest BCUT2D eigenvalue weighted by atomic mass is 32.2. The second-order valence-electron chi connectivity index (χ2n) is 7.94. The molecule has 4 aromatic rings. The van der Waals surface area contributed by atoms with E-state index in [-0.39, 0.29) is 34.4 Å². The summed E-state index contributed by atoms with van der Waals surface area (Å²) in [7, 11) is 0. The Bertz CT molecular complexity index is 1350. The second kappa shape index (κ2) is 10.2. The summed E-state index contributed by atoms with van der Waals surface area (Å²) < 4.78 is 12.7. The molecule has 0 saturated carbocycles. The molecule has 34 heavy (non-hydrogen) atoms. The average Bonchev–Trinajstić information content (AvgIpc) is 3.56. The standard InChI is InChI=1S/C24H23N5O4S/c30-20(25-13-17-9-6-12-32-17)15-34-24-27-26-22(33-24)21-18-10-4-5-11-19(18)23(31)29(28-21)14-16-7-2-1-3-8-16/h1-5,7-8,10-11,17H,6,9,12-15H2,(H,25,30). The number of fused-ring (bicyclic) bond motifs is 1. The highest BCUT2D eigenvalue weighted by Crippen LogP contribution is 2.26. The molecule has 1 atom stereocenters. The smallest absolute Gasteiger partial charge is 0.277 e. The lowest BCUT2D eigenvalue weighted by molar-refractivity contribution is -0.119. The van der Waals surface area contributed by atoms with Crippen LogP contribution in [0.1, 0.15) is 18.4 Å². The van der Waals surface area contributed by atoms with Crippen molar-refractivity contribution >= 4 is 28.4 Å². The van der Waals surface area contributed by atoms with Gasteiger partial charge in [-0.15, -0.1) is 10.2 Å². The number of rotatable bonds is 8. The fraction of sp³-hybridized carbons (Fsp3) is 0.292. The molecular formula is C24H23N5O4S. The van der Waals surface area contributed by atoms with Gasteiger partial charge in [0, 0.05) is 18.5 Å². The van der Waals surface area contributed by atoms with Crippen LogP contribution in [-0.4, -0.2) is 50.9 Å². The SMILES string of the molecule is O=C(CSc1nnc(-c2nn(Cc3ccccc3)c(=O)c3ccccc23)o1)NCC1CCCO1. The van der Waals surface area contributed by atoms with Gasteiger partial charge >= 0.3 is 0 Å². The Morgan fingerprint density at radius 1 is 1.09 bits per heavy atom. The first-order valence-corrected chi connectivity index (χ1v) is 12.0. The molecule has 2 aromatic heterocycles. The van der Waals surface area contributed by atoms with E-state index < -0.39 is 0 Å². The van der Waals surface area contributed by atoms with E-state index in [1.165, 1.54) is 4.68 Å². The molecule has 1 amide bonds. The molecule has 1 aliphatic rings. The first-order chi connectivity index (χ1) is 16.7. The summed E-state index contributed by atoms with van der Waals surface area (Å²) >= 11 is 1.15. The molecule has 0 aliphatic carbocycles. The molecule has 0 spiro atoms. The van der Waals surface area contributed by atoms with Gasteiger partial charge < -0.3 is 14.5 Å². The van der Waals surface area contributed by atoms with Crippen LogP contribution in [0.5, 0.6) is 0 Å². The van der Waals surface area contributed by atoms with E-state index >= 15 is 0 Å². The topological polar surface area (TPSA) is 112 Å². The second-order valence-corrected chi connectivity index (χ2v) is 8.87. The van der Waals surface area contributed by atoms with E-state index in [1.807, 2.05) is 48.5 Å². The Labute approximate surface area is 199 Å².